The molecule has 1 aliphatic carbocycles. The van der Waals surface area contributed by atoms with E-state index in [0.717, 1.165) is 70.5 Å². The van der Waals surface area contributed by atoms with E-state index in [2.05, 4.69) is 10.2 Å². The van der Waals surface area contributed by atoms with E-state index in [0.29, 0.717) is 24.4 Å². The summed E-state index contributed by atoms with van der Waals surface area (Å²) in [6.07, 6.45) is 9.29. The van der Waals surface area contributed by atoms with Gasteiger partial charge in [0.2, 0.25) is 11.8 Å². The number of carbonyl (C=O) groups excluding carboxylic acids is 2. The van der Waals surface area contributed by atoms with Crippen LogP contribution in [0.4, 0.5) is 0 Å². The Hall–Kier alpha value is -0.750. The zero-order chi connectivity index (χ0) is 16.9. The molecule has 0 aromatic carbocycles. The second-order valence-corrected chi connectivity index (χ2v) is 8.46. The van der Waals surface area contributed by atoms with Gasteiger partial charge in [-0.15, -0.1) is 0 Å². The topological polar surface area (TPSA) is 52.7 Å². The molecule has 2 amide bonds. The van der Waals surface area contributed by atoms with E-state index >= 15 is 0 Å². The predicted molar refractivity (Wildman–Crippen MR) is 98.1 cm³/mol. The molecule has 136 valence electrons. The monoisotopic (exact) mass is 353 g/mol. The Balaban J connectivity index is 1.43. The lowest BCUT2D eigenvalue weighted by Crippen LogP contribution is -2.51. The Morgan fingerprint density at radius 2 is 1.83 bits per heavy atom. The molecule has 6 heteroatoms. The second-order valence-electron chi connectivity index (χ2n) is 7.47. The molecule has 3 rings (SSSR count). The molecule has 0 aromatic heterocycles. The van der Waals surface area contributed by atoms with Gasteiger partial charge in [0, 0.05) is 43.9 Å². The molecule has 0 radical (unpaired) electrons. The Morgan fingerprint density at radius 1 is 1.08 bits per heavy atom. The van der Waals surface area contributed by atoms with Crippen molar-refractivity contribution in [3.8, 4) is 0 Å². The lowest BCUT2D eigenvalue weighted by Gasteiger charge is -2.42. The van der Waals surface area contributed by atoms with Gasteiger partial charge >= 0.3 is 0 Å². The highest BCUT2D eigenvalue weighted by Gasteiger charge is 2.34. The Morgan fingerprint density at radius 3 is 2.50 bits per heavy atom. The fraction of sp³-hybridized carbons (Fsp3) is 0.889. The summed E-state index contributed by atoms with van der Waals surface area (Å²) in [7, 11) is 0. The SMILES string of the molecule is CSCCC(=O)N1CCC(N2CCC[C@H](C(=O)NC3CC3)C2)CC1. The van der Waals surface area contributed by atoms with Crippen LogP contribution in [-0.2, 0) is 9.59 Å². The summed E-state index contributed by atoms with van der Waals surface area (Å²) in [4.78, 5) is 29.0. The van der Waals surface area contributed by atoms with Gasteiger partial charge in [0.1, 0.15) is 0 Å². The van der Waals surface area contributed by atoms with Crippen LogP contribution in [0.3, 0.4) is 0 Å². The van der Waals surface area contributed by atoms with Crippen molar-refractivity contribution in [2.24, 2.45) is 5.92 Å². The molecular formula is C18H31N3O2S. The molecule has 3 aliphatic rings. The highest BCUT2D eigenvalue weighted by Crippen LogP contribution is 2.26. The number of carbonyl (C=O) groups is 2. The van der Waals surface area contributed by atoms with Crippen LogP contribution in [-0.4, -0.2) is 71.9 Å². The number of likely N-dealkylation sites (tertiary alicyclic amines) is 2. The van der Waals surface area contributed by atoms with E-state index in [4.69, 9.17) is 0 Å². The number of amides is 2. The van der Waals surface area contributed by atoms with Gasteiger partial charge in [0.15, 0.2) is 0 Å². The minimum Gasteiger partial charge on any atom is -0.353 e. The Labute approximate surface area is 149 Å². The molecule has 2 aliphatic heterocycles. The predicted octanol–water partition coefficient (Wildman–Crippen LogP) is 1.72. The van der Waals surface area contributed by atoms with Crippen molar-refractivity contribution in [1.82, 2.24) is 15.1 Å². The molecule has 2 saturated heterocycles. The van der Waals surface area contributed by atoms with E-state index in [1.807, 2.05) is 11.2 Å². The summed E-state index contributed by atoms with van der Waals surface area (Å²) in [5.41, 5.74) is 0. The first-order valence-corrected chi connectivity index (χ1v) is 10.9. The maximum atomic E-state index is 12.3. The van der Waals surface area contributed by atoms with Gasteiger partial charge in [-0.1, -0.05) is 0 Å². The van der Waals surface area contributed by atoms with Gasteiger partial charge in [-0.25, -0.2) is 0 Å². The standard InChI is InChI=1S/C18H31N3O2S/c1-24-12-8-17(22)20-10-6-16(7-11-20)21-9-2-3-14(13-21)18(23)19-15-4-5-15/h14-16H,2-13H2,1H3,(H,19,23)/t14-/m0/s1. The van der Waals surface area contributed by atoms with Gasteiger partial charge in [-0.3, -0.25) is 14.5 Å². The molecule has 2 heterocycles. The molecule has 5 nitrogen and oxygen atoms in total. The van der Waals surface area contributed by atoms with E-state index < -0.39 is 0 Å². The van der Waals surface area contributed by atoms with Crippen molar-refractivity contribution in [3.63, 3.8) is 0 Å². The van der Waals surface area contributed by atoms with Crippen LogP contribution in [0.15, 0.2) is 0 Å². The first-order valence-electron chi connectivity index (χ1n) is 9.48. The van der Waals surface area contributed by atoms with Crippen LogP contribution in [0.1, 0.15) is 44.9 Å². The molecule has 0 aromatic rings. The van der Waals surface area contributed by atoms with Crippen LogP contribution in [0.2, 0.25) is 0 Å². The summed E-state index contributed by atoms with van der Waals surface area (Å²) >= 11 is 1.74. The maximum absolute atomic E-state index is 12.3. The molecule has 0 spiro atoms. The third-order valence-electron chi connectivity index (χ3n) is 5.60. The van der Waals surface area contributed by atoms with Crippen LogP contribution >= 0.6 is 11.8 Å². The van der Waals surface area contributed by atoms with Crippen molar-refractivity contribution >= 4 is 23.6 Å². The van der Waals surface area contributed by atoms with Gasteiger partial charge in [0.05, 0.1) is 5.92 Å². The molecule has 24 heavy (non-hydrogen) atoms. The molecule has 1 saturated carbocycles. The quantitative estimate of drug-likeness (QED) is 0.790. The lowest BCUT2D eigenvalue weighted by molar-refractivity contribution is -0.132. The number of rotatable bonds is 6. The average Bonchev–Trinajstić information content (AvgIpc) is 3.44. The van der Waals surface area contributed by atoms with Gasteiger partial charge < -0.3 is 10.2 Å². The second kappa shape index (κ2) is 8.56. The molecule has 0 bridgehead atoms. The van der Waals surface area contributed by atoms with E-state index in [1.165, 1.54) is 0 Å². The zero-order valence-electron chi connectivity index (χ0n) is 14.8. The third kappa shape index (κ3) is 4.88. The number of nitrogens with zero attached hydrogens (tertiary/aromatic N) is 2. The number of nitrogens with one attached hydrogen (secondary N) is 1. The number of piperidine rings is 2. The fourth-order valence-electron chi connectivity index (χ4n) is 3.93. The molecule has 3 fully saturated rings. The van der Waals surface area contributed by atoms with E-state index in [9.17, 15) is 9.59 Å². The Bertz CT molecular complexity index is 448. The molecule has 1 atom stereocenters. The van der Waals surface area contributed by atoms with Crippen molar-refractivity contribution in [2.75, 3.05) is 38.2 Å². The molecular weight excluding hydrogens is 322 g/mol. The van der Waals surface area contributed by atoms with Gasteiger partial charge in [-0.2, -0.15) is 11.8 Å². The zero-order valence-corrected chi connectivity index (χ0v) is 15.7. The Kier molecular flexibility index (Phi) is 6.44. The van der Waals surface area contributed by atoms with Crippen molar-refractivity contribution in [3.05, 3.63) is 0 Å². The lowest BCUT2D eigenvalue weighted by atomic mass is 9.93. The first-order chi connectivity index (χ1) is 11.7. The molecule has 1 N–H and O–H groups in total. The number of hydrogen-bond donors (Lipinski definition) is 1. The van der Waals surface area contributed by atoms with Gasteiger partial charge in [0.25, 0.3) is 0 Å². The number of thioether (sulfide) groups is 1. The van der Waals surface area contributed by atoms with Crippen molar-refractivity contribution < 1.29 is 9.59 Å². The van der Waals surface area contributed by atoms with Crippen molar-refractivity contribution in [2.45, 2.75) is 57.0 Å². The van der Waals surface area contributed by atoms with Gasteiger partial charge in [-0.05, 0) is 51.3 Å². The largest absolute Gasteiger partial charge is 0.353 e. The smallest absolute Gasteiger partial charge is 0.224 e. The highest BCUT2D eigenvalue weighted by molar-refractivity contribution is 7.98. The van der Waals surface area contributed by atoms with Crippen LogP contribution in [0.5, 0.6) is 0 Å². The minimum atomic E-state index is 0.167. The third-order valence-corrected chi connectivity index (χ3v) is 6.21. The highest BCUT2D eigenvalue weighted by atomic mass is 32.2. The fourth-order valence-corrected chi connectivity index (χ4v) is 4.31. The minimum absolute atomic E-state index is 0.167. The maximum Gasteiger partial charge on any atom is 0.224 e. The summed E-state index contributed by atoms with van der Waals surface area (Å²) in [5, 5.41) is 3.17. The van der Waals surface area contributed by atoms with Crippen LogP contribution in [0, 0.1) is 5.92 Å². The summed E-state index contributed by atoms with van der Waals surface area (Å²) in [6.45, 7) is 3.78. The summed E-state index contributed by atoms with van der Waals surface area (Å²) < 4.78 is 0. The van der Waals surface area contributed by atoms with Crippen LogP contribution < -0.4 is 5.32 Å². The number of hydrogen-bond acceptors (Lipinski definition) is 4. The molecule has 0 unspecified atom stereocenters. The average molecular weight is 354 g/mol. The first kappa shape index (κ1) is 18.1. The van der Waals surface area contributed by atoms with Crippen molar-refractivity contribution in [1.29, 1.82) is 0 Å². The van der Waals surface area contributed by atoms with E-state index in [1.54, 1.807) is 11.8 Å². The summed E-state index contributed by atoms with van der Waals surface area (Å²) in [6, 6.07) is 1.01. The normalized spacial score (nSPS) is 26.4. The summed E-state index contributed by atoms with van der Waals surface area (Å²) in [5.74, 6) is 1.67. The van der Waals surface area contributed by atoms with E-state index in [-0.39, 0.29) is 11.8 Å². The van der Waals surface area contributed by atoms with Crippen LogP contribution in [0.25, 0.3) is 0 Å².